The first-order valence-electron chi connectivity index (χ1n) is 27.1. The third kappa shape index (κ3) is 10.5. The van der Waals surface area contributed by atoms with E-state index in [-0.39, 0.29) is 102 Å². The molecular weight excluding hydrogens is 1120 g/mol. The first kappa shape index (κ1) is 59.2. The highest BCUT2D eigenvalue weighted by atomic mass is 32.2. The van der Waals surface area contributed by atoms with Crippen LogP contribution >= 0.6 is 0 Å². The predicted octanol–water partition coefficient (Wildman–Crippen LogP) is 10.2. The Morgan fingerprint density at radius 3 is 1.09 bits per heavy atom. The summed E-state index contributed by atoms with van der Waals surface area (Å²) in [7, 11) is -8.18. The standard InChI is InChI=1S/C65H62N6O12S2/c1-33-29-35(3)63(84(78,79)68-25-27-72)37(5)57(33)70-47-31-49(55(66)53-51(47)59(74)43-13-9-11-15-45(43)61(53)76)82-41-21-17-39(18-22-41)65(7,8)40-19-23-42(24-20-40)83-50-32-48(52-54(56(50)67)62(77)46-16-12-10-14-44(46)60(52)75)71-58-34(2)30-36(4)64(38(58)6)85(80,81)69-26-28-73/h9-24,29-32,68-73H,25-28,66-67H2,1-8H3. The number of ether oxygens (including phenoxy) is 2. The smallest absolute Gasteiger partial charge is 0.241 e. The Hall–Kier alpha value is -9.02. The Balaban J connectivity index is 0.958. The Labute approximate surface area is 492 Å². The molecule has 8 aromatic carbocycles. The van der Waals surface area contributed by atoms with Crippen LogP contribution in [0.3, 0.4) is 0 Å². The summed E-state index contributed by atoms with van der Waals surface area (Å²) in [6, 6.07) is 33.8. The number of aliphatic hydroxyl groups excluding tert-OH is 2. The van der Waals surface area contributed by atoms with Crippen molar-refractivity contribution in [2.24, 2.45) is 0 Å². The van der Waals surface area contributed by atoms with Gasteiger partial charge >= 0.3 is 0 Å². The van der Waals surface area contributed by atoms with Gasteiger partial charge in [0.2, 0.25) is 20.0 Å². The molecule has 8 aromatic rings. The Kier molecular flexibility index (Phi) is 15.7. The minimum absolute atomic E-state index is 0.00184. The Bertz CT molecular complexity index is 4110. The Morgan fingerprint density at radius 2 is 0.776 bits per heavy atom. The maximum atomic E-state index is 14.4. The zero-order chi connectivity index (χ0) is 61.2. The zero-order valence-electron chi connectivity index (χ0n) is 47.8. The maximum Gasteiger partial charge on any atom is 0.241 e. The highest BCUT2D eigenvalue weighted by Gasteiger charge is 2.38. The number of rotatable bonds is 18. The largest absolute Gasteiger partial charge is 0.455 e. The predicted molar refractivity (Wildman–Crippen MR) is 326 cm³/mol. The van der Waals surface area contributed by atoms with Gasteiger partial charge in [-0.2, -0.15) is 0 Å². The molecule has 0 saturated carbocycles. The number of aryl methyl sites for hydroxylation is 4. The van der Waals surface area contributed by atoms with Gasteiger partial charge in [0.05, 0.1) is 68.0 Å². The SMILES string of the molecule is Cc1cc(C)c(S(=O)(=O)NCCO)c(C)c1Nc1cc(Oc2ccc(C(C)(C)c3ccc(Oc4cc(Nc5c(C)cc(C)c(S(=O)(=O)NCCO)c5C)c5c(c4N)C(=O)c4ccccc4C5=O)cc3)cc2)c(N)c2c1C(=O)c1ccccc1C2=O. The van der Waals surface area contributed by atoms with E-state index in [1.807, 2.05) is 38.1 Å². The van der Waals surface area contributed by atoms with E-state index in [2.05, 4.69) is 20.1 Å². The molecule has 0 bridgehead atoms. The summed E-state index contributed by atoms with van der Waals surface area (Å²) >= 11 is 0. The van der Waals surface area contributed by atoms with Crippen LogP contribution in [-0.2, 0) is 25.5 Å². The van der Waals surface area contributed by atoms with Crippen molar-refractivity contribution in [3.8, 4) is 23.0 Å². The number of anilines is 6. The van der Waals surface area contributed by atoms with Gasteiger partial charge in [-0.05, 0) is 110 Å². The molecule has 85 heavy (non-hydrogen) atoms. The quantitative estimate of drug-likeness (QED) is 0.0371. The van der Waals surface area contributed by atoms with Crippen LogP contribution in [0.4, 0.5) is 34.1 Å². The van der Waals surface area contributed by atoms with Crippen molar-refractivity contribution in [2.45, 2.75) is 70.6 Å². The minimum atomic E-state index is -4.09. The van der Waals surface area contributed by atoms with Crippen LogP contribution < -0.4 is 41.0 Å². The lowest BCUT2D eigenvalue weighted by molar-refractivity contribution is 0.0980. The molecule has 0 amide bonds. The molecular formula is C65H62N6O12S2. The average molecular weight is 1180 g/mol. The third-order valence-electron chi connectivity index (χ3n) is 15.7. The summed E-state index contributed by atoms with van der Waals surface area (Å²) in [5.41, 5.74) is 19.1. The zero-order valence-corrected chi connectivity index (χ0v) is 49.5. The van der Waals surface area contributed by atoms with Gasteiger partial charge in [0.25, 0.3) is 0 Å². The van der Waals surface area contributed by atoms with Crippen LogP contribution in [0, 0.1) is 41.5 Å². The van der Waals surface area contributed by atoms with Gasteiger partial charge in [-0.15, -0.1) is 0 Å². The fourth-order valence-electron chi connectivity index (χ4n) is 11.6. The summed E-state index contributed by atoms with van der Waals surface area (Å²) in [6.45, 7) is 13.0. The molecule has 0 unspecified atom stereocenters. The summed E-state index contributed by atoms with van der Waals surface area (Å²) < 4.78 is 71.9. The Morgan fingerprint density at radius 1 is 0.459 bits per heavy atom. The second-order valence-corrected chi connectivity index (χ2v) is 25.0. The molecule has 0 aliphatic heterocycles. The molecule has 2 aliphatic rings. The van der Waals surface area contributed by atoms with Crippen molar-refractivity contribution >= 4 is 77.3 Å². The molecule has 2 aliphatic carbocycles. The highest BCUT2D eigenvalue weighted by Crippen LogP contribution is 2.47. The number of carbonyl (C=O) groups is 4. The van der Waals surface area contributed by atoms with Crippen molar-refractivity contribution < 1.29 is 55.7 Å². The lowest BCUT2D eigenvalue weighted by Gasteiger charge is -2.27. The first-order chi connectivity index (χ1) is 40.3. The van der Waals surface area contributed by atoms with Crippen LogP contribution in [0.1, 0.15) is 122 Å². The van der Waals surface area contributed by atoms with E-state index in [4.69, 9.17) is 20.9 Å². The van der Waals surface area contributed by atoms with Crippen molar-refractivity contribution in [3.63, 3.8) is 0 Å². The maximum absolute atomic E-state index is 14.4. The van der Waals surface area contributed by atoms with Crippen molar-refractivity contribution in [3.05, 3.63) is 210 Å². The van der Waals surface area contributed by atoms with Crippen LogP contribution in [0.5, 0.6) is 23.0 Å². The van der Waals surface area contributed by atoms with Gasteiger partial charge in [0.15, 0.2) is 34.6 Å². The lowest BCUT2D eigenvalue weighted by atomic mass is 9.78. The normalized spacial score (nSPS) is 13.0. The lowest BCUT2D eigenvalue weighted by Crippen LogP contribution is -2.28. The van der Waals surface area contributed by atoms with Crippen LogP contribution in [0.25, 0.3) is 0 Å². The summed E-state index contributed by atoms with van der Waals surface area (Å²) in [4.78, 5) is 57.5. The molecule has 0 radical (unpaired) electrons. The average Bonchev–Trinajstić information content (AvgIpc) is 1.84. The molecule has 0 saturated heterocycles. The van der Waals surface area contributed by atoms with E-state index >= 15 is 0 Å². The van der Waals surface area contributed by atoms with E-state index < -0.39 is 61.8 Å². The first-order valence-corrected chi connectivity index (χ1v) is 30.1. The molecule has 0 heterocycles. The van der Waals surface area contributed by atoms with Gasteiger partial charge in [-0.3, -0.25) is 19.2 Å². The molecule has 0 aromatic heterocycles. The van der Waals surface area contributed by atoms with Crippen molar-refractivity contribution in [2.75, 3.05) is 48.4 Å². The van der Waals surface area contributed by atoms with Crippen LogP contribution in [-0.4, -0.2) is 76.5 Å². The van der Waals surface area contributed by atoms with Gasteiger partial charge in [-0.25, -0.2) is 26.3 Å². The van der Waals surface area contributed by atoms with Crippen molar-refractivity contribution in [1.82, 2.24) is 9.44 Å². The minimum Gasteiger partial charge on any atom is -0.455 e. The molecule has 0 atom stereocenters. The van der Waals surface area contributed by atoms with Gasteiger partial charge in [-0.1, -0.05) is 98.8 Å². The van der Waals surface area contributed by atoms with E-state index in [1.54, 1.807) is 126 Å². The van der Waals surface area contributed by atoms with Gasteiger partial charge in [0.1, 0.15) is 11.5 Å². The van der Waals surface area contributed by atoms with E-state index in [0.717, 1.165) is 11.1 Å². The number of sulfonamides is 2. The number of carbonyl (C=O) groups excluding carboxylic acids is 4. The summed E-state index contributed by atoms with van der Waals surface area (Å²) in [6.07, 6.45) is 0. The van der Waals surface area contributed by atoms with Gasteiger partial charge in [0, 0.05) is 64.3 Å². The summed E-state index contributed by atoms with van der Waals surface area (Å²) in [5, 5.41) is 25.4. The molecule has 0 spiro atoms. The number of nitrogens with two attached hydrogens (primary N) is 2. The molecule has 436 valence electrons. The monoisotopic (exact) mass is 1180 g/mol. The third-order valence-corrected chi connectivity index (χ3v) is 19.2. The van der Waals surface area contributed by atoms with E-state index in [9.17, 15) is 46.2 Å². The second-order valence-electron chi connectivity index (χ2n) is 21.6. The van der Waals surface area contributed by atoms with Crippen LogP contribution in [0.2, 0.25) is 0 Å². The number of ketones is 4. The van der Waals surface area contributed by atoms with E-state index in [1.165, 1.54) is 12.1 Å². The fourth-order valence-corrected chi connectivity index (χ4v) is 14.6. The number of nitrogen functional groups attached to an aromatic ring is 2. The molecule has 18 nitrogen and oxygen atoms in total. The van der Waals surface area contributed by atoms with Gasteiger partial charge < -0.3 is 41.8 Å². The molecule has 10 N–H and O–H groups in total. The highest BCUT2D eigenvalue weighted by molar-refractivity contribution is 7.90. The van der Waals surface area contributed by atoms with E-state index in [0.29, 0.717) is 56.3 Å². The van der Waals surface area contributed by atoms with Crippen LogP contribution in [0.15, 0.2) is 131 Å². The number of fused-ring (bicyclic) bond motifs is 4. The number of hydrogen-bond donors (Lipinski definition) is 8. The number of nitrogens with one attached hydrogen (secondary N) is 4. The fraction of sp³-hybridized carbons (Fsp3) is 0.200. The number of benzene rings is 8. The number of hydrogen-bond acceptors (Lipinski definition) is 16. The summed E-state index contributed by atoms with van der Waals surface area (Å²) in [5.74, 6) is -1.12. The molecule has 0 fully saturated rings. The second kappa shape index (κ2) is 22.5. The van der Waals surface area contributed by atoms with Crippen molar-refractivity contribution in [1.29, 1.82) is 0 Å². The molecule has 20 heteroatoms. The molecule has 10 rings (SSSR count). The number of aliphatic hydroxyl groups is 2. The topological polar surface area (TPSA) is 296 Å².